The average molecular weight is 328 g/mol. The zero-order valence-electron chi connectivity index (χ0n) is 14.4. The molecule has 1 heterocycles. The molecule has 1 aromatic rings. The number of benzene rings is 1. The van der Waals surface area contributed by atoms with Gasteiger partial charge in [0, 0.05) is 13.5 Å². The molecule has 3 rings (SSSR count). The van der Waals surface area contributed by atoms with Crippen LogP contribution < -0.4 is 0 Å². The highest BCUT2D eigenvalue weighted by atomic mass is 16.8. The number of fused-ring (bicyclic) bond motifs is 1. The number of rotatable bonds is 6. The van der Waals surface area contributed by atoms with Crippen molar-refractivity contribution in [1.29, 1.82) is 0 Å². The van der Waals surface area contributed by atoms with Crippen molar-refractivity contribution in [2.24, 2.45) is 0 Å². The van der Waals surface area contributed by atoms with Crippen LogP contribution in [-0.4, -0.2) is 36.8 Å². The van der Waals surface area contributed by atoms with Crippen LogP contribution >= 0.6 is 0 Å². The largest absolute Gasteiger partial charge is 0.375 e. The van der Waals surface area contributed by atoms with Crippen molar-refractivity contribution in [3.8, 4) is 12.3 Å². The Morgan fingerprint density at radius 3 is 2.75 bits per heavy atom. The molecule has 0 amide bonds. The summed E-state index contributed by atoms with van der Waals surface area (Å²) in [6.07, 6.45) is 9.37. The van der Waals surface area contributed by atoms with E-state index in [2.05, 4.69) is 12.0 Å². The summed E-state index contributed by atoms with van der Waals surface area (Å²) in [5.74, 6) is 2.05. The fourth-order valence-electron chi connectivity index (χ4n) is 3.58. The molecule has 4 atom stereocenters. The summed E-state index contributed by atoms with van der Waals surface area (Å²) in [6, 6.07) is 9.93. The second-order valence-electron chi connectivity index (χ2n) is 6.67. The molecule has 24 heavy (non-hydrogen) atoms. The van der Waals surface area contributed by atoms with E-state index in [0.717, 1.165) is 5.56 Å². The minimum Gasteiger partial charge on any atom is -0.375 e. The molecule has 0 N–H and O–H groups in total. The molecule has 0 aromatic heterocycles. The molecule has 1 saturated heterocycles. The van der Waals surface area contributed by atoms with E-state index in [1.54, 1.807) is 7.11 Å². The maximum absolute atomic E-state index is 6.26. The van der Waals surface area contributed by atoms with Gasteiger partial charge in [-0.05, 0) is 19.4 Å². The van der Waals surface area contributed by atoms with Crippen molar-refractivity contribution in [1.82, 2.24) is 0 Å². The van der Waals surface area contributed by atoms with Gasteiger partial charge in [0.25, 0.3) is 0 Å². The van der Waals surface area contributed by atoms with Gasteiger partial charge in [-0.25, -0.2) is 0 Å². The van der Waals surface area contributed by atoms with E-state index >= 15 is 0 Å². The van der Waals surface area contributed by atoms with E-state index in [9.17, 15) is 0 Å². The normalized spacial score (nSPS) is 29.8. The molecule has 1 fully saturated rings. The van der Waals surface area contributed by atoms with Crippen LogP contribution in [0.3, 0.4) is 0 Å². The first-order valence-corrected chi connectivity index (χ1v) is 8.20. The van der Waals surface area contributed by atoms with Crippen molar-refractivity contribution >= 4 is 0 Å². The quantitative estimate of drug-likeness (QED) is 0.594. The first-order chi connectivity index (χ1) is 11.5. The van der Waals surface area contributed by atoms with Crippen molar-refractivity contribution < 1.29 is 18.9 Å². The van der Waals surface area contributed by atoms with Gasteiger partial charge in [0.1, 0.15) is 23.9 Å². The Hall–Kier alpha value is -1.64. The van der Waals surface area contributed by atoms with E-state index in [0.29, 0.717) is 13.0 Å². The standard InChI is InChI=1S/C20H24O4/c1-5-16(22-14-15-10-7-6-8-11-15)18(21-4)20-13-9-12-17(20)23-19(2,3)24-20/h1,6-12,16-18H,13-14H2,2-4H3/t16-,17+,18+,20-/m1/s1. The van der Waals surface area contributed by atoms with Crippen molar-refractivity contribution in [2.75, 3.05) is 7.11 Å². The molecule has 0 saturated carbocycles. The third kappa shape index (κ3) is 3.13. The van der Waals surface area contributed by atoms with Crippen LogP contribution in [0.25, 0.3) is 0 Å². The summed E-state index contributed by atoms with van der Waals surface area (Å²) < 4.78 is 24.0. The van der Waals surface area contributed by atoms with Gasteiger partial charge in [0.2, 0.25) is 0 Å². The van der Waals surface area contributed by atoms with Gasteiger partial charge in [-0.3, -0.25) is 0 Å². The molecule has 128 valence electrons. The summed E-state index contributed by atoms with van der Waals surface area (Å²) in [6.45, 7) is 4.24. The Bertz CT molecular complexity index is 631. The van der Waals surface area contributed by atoms with Gasteiger partial charge in [-0.1, -0.05) is 48.4 Å². The Morgan fingerprint density at radius 2 is 2.08 bits per heavy atom. The summed E-state index contributed by atoms with van der Waals surface area (Å²) in [5.41, 5.74) is 0.418. The molecule has 4 nitrogen and oxygen atoms in total. The van der Waals surface area contributed by atoms with E-state index in [4.69, 9.17) is 25.4 Å². The molecule has 4 heteroatoms. The second kappa shape index (κ2) is 6.70. The van der Waals surface area contributed by atoms with Crippen LogP contribution in [0.15, 0.2) is 42.5 Å². The third-order valence-corrected chi connectivity index (χ3v) is 4.52. The molecular weight excluding hydrogens is 304 g/mol. The topological polar surface area (TPSA) is 36.9 Å². The molecule has 2 aliphatic rings. The van der Waals surface area contributed by atoms with Gasteiger partial charge >= 0.3 is 0 Å². The van der Waals surface area contributed by atoms with Gasteiger partial charge in [-0.2, -0.15) is 0 Å². The second-order valence-corrected chi connectivity index (χ2v) is 6.67. The highest BCUT2D eigenvalue weighted by Gasteiger charge is 2.60. The lowest BCUT2D eigenvalue weighted by atomic mass is 9.88. The Morgan fingerprint density at radius 1 is 1.33 bits per heavy atom. The summed E-state index contributed by atoms with van der Waals surface area (Å²) in [4.78, 5) is 0. The molecule has 1 aliphatic carbocycles. The lowest BCUT2D eigenvalue weighted by Crippen LogP contribution is -2.54. The van der Waals surface area contributed by atoms with Gasteiger partial charge in [0.15, 0.2) is 5.79 Å². The van der Waals surface area contributed by atoms with Crippen molar-refractivity contribution in [3.05, 3.63) is 48.0 Å². The zero-order chi connectivity index (χ0) is 17.2. The first-order valence-electron chi connectivity index (χ1n) is 8.20. The van der Waals surface area contributed by atoms with E-state index in [1.165, 1.54) is 0 Å². The molecule has 0 bridgehead atoms. The maximum atomic E-state index is 6.26. The van der Waals surface area contributed by atoms with Crippen LogP contribution in [-0.2, 0) is 25.6 Å². The Kier molecular flexibility index (Phi) is 4.80. The van der Waals surface area contributed by atoms with Gasteiger partial charge < -0.3 is 18.9 Å². The average Bonchev–Trinajstić information content (AvgIpc) is 3.05. The number of ether oxygens (including phenoxy) is 4. The Balaban J connectivity index is 1.78. The van der Waals surface area contributed by atoms with E-state index < -0.39 is 23.6 Å². The van der Waals surface area contributed by atoms with Crippen molar-refractivity contribution in [2.45, 2.75) is 56.6 Å². The number of hydrogen-bond donors (Lipinski definition) is 0. The lowest BCUT2D eigenvalue weighted by molar-refractivity contribution is -0.203. The van der Waals surface area contributed by atoms with E-state index in [-0.39, 0.29) is 6.10 Å². The number of methoxy groups -OCH3 is 1. The first kappa shape index (κ1) is 17.2. The van der Waals surface area contributed by atoms with Crippen LogP contribution in [0.1, 0.15) is 25.8 Å². The highest BCUT2D eigenvalue weighted by Crippen LogP contribution is 2.47. The summed E-state index contributed by atoms with van der Waals surface area (Å²) in [5, 5.41) is 0. The molecule has 1 aromatic carbocycles. The van der Waals surface area contributed by atoms with Crippen LogP contribution in [0.5, 0.6) is 0 Å². The SMILES string of the molecule is C#C[C@@H](OCc1ccccc1)[C@H](OC)[C@@]12CC=C[C@@H]1OC(C)(C)O2. The lowest BCUT2D eigenvalue weighted by Gasteiger charge is -2.38. The smallest absolute Gasteiger partial charge is 0.164 e. The predicted octanol–water partition coefficient (Wildman–Crippen LogP) is 3.07. The summed E-state index contributed by atoms with van der Waals surface area (Å²) >= 11 is 0. The molecule has 0 unspecified atom stereocenters. The summed E-state index contributed by atoms with van der Waals surface area (Å²) in [7, 11) is 1.64. The fraction of sp³-hybridized carbons (Fsp3) is 0.500. The van der Waals surface area contributed by atoms with Crippen LogP contribution in [0.4, 0.5) is 0 Å². The number of hydrogen-bond acceptors (Lipinski definition) is 4. The molecule has 1 aliphatic heterocycles. The maximum Gasteiger partial charge on any atom is 0.164 e. The van der Waals surface area contributed by atoms with Crippen LogP contribution in [0, 0.1) is 12.3 Å². The van der Waals surface area contributed by atoms with Crippen LogP contribution in [0.2, 0.25) is 0 Å². The number of terminal acetylenes is 1. The molecule has 0 radical (unpaired) electrons. The Labute approximate surface area is 143 Å². The highest BCUT2D eigenvalue weighted by molar-refractivity contribution is 5.23. The fourth-order valence-corrected chi connectivity index (χ4v) is 3.58. The molecule has 0 spiro atoms. The third-order valence-electron chi connectivity index (χ3n) is 4.52. The minimum absolute atomic E-state index is 0.186. The predicted molar refractivity (Wildman–Crippen MR) is 91.2 cm³/mol. The van der Waals surface area contributed by atoms with Crippen molar-refractivity contribution in [3.63, 3.8) is 0 Å². The zero-order valence-corrected chi connectivity index (χ0v) is 14.4. The van der Waals surface area contributed by atoms with Gasteiger partial charge in [-0.15, -0.1) is 6.42 Å². The van der Waals surface area contributed by atoms with Gasteiger partial charge in [0.05, 0.1) is 6.61 Å². The van der Waals surface area contributed by atoms with E-state index in [1.807, 2.05) is 50.3 Å². The monoisotopic (exact) mass is 328 g/mol. The minimum atomic E-state index is -0.676. The molecular formula is C20H24O4.